The summed E-state index contributed by atoms with van der Waals surface area (Å²) in [7, 11) is 0. The molecule has 6 heteroatoms. The summed E-state index contributed by atoms with van der Waals surface area (Å²) in [6, 6.07) is 7.31. The number of nitrogens with zero attached hydrogens (tertiary/aromatic N) is 3. The van der Waals surface area contributed by atoms with Crippen LogP contribution in [0.4, 0.5) is 0 Å². The lowest BCUT2D eigenvalue weighted by Gasteiger charge is -2.05. The Labute approximate surface area is 103 Å². The van der Waals surface area contributed by atoms with Crippen molar-refractivity contribution in [3.05, 3.63) is 47.3 Å². The smallest absolute Gasteiger partial charge is 0.251 e. The van der Waals surface area contributed by atoms with Gasteiger partial charge in [0.15, 0.2) is 0 Å². The molecule has 0 saturated heterocycles. The normalized spacial score (nSPS) is 10.0. The number of carbonyl (C=O) groups excluding carboxylic acids is 1. The summed E-state index contributed by atoms with van der Waals surface area (Å²) in [5.74, 6) is -0.557. The van der Waals surface area contributed by atoms with E-state index in [4.69, 9.17) is 16.7 Å². The number of hydrogen-bond acceptors (Lipinski definition) is 4. The van der Waals surface area contributed by atoms with Gasteiger partial charge in [-0.15, -0.1) is 0 Å². The lowest BCUT2D eigenvalue weighted by atomic mass is 10.1. The molecule has 0 atom stereocenters. The van der Waals surface area contributed by atoms with Crippen LogP contribution in [0.1, 0.15) is 21.5 Å². The molecule has 0 aliphatic rings. The van der Waals surface area contributed by atoms with Gasteiger partial charge in [-0.3, -0.25) is 4.79 Å². The number of aromatic nitrogens is 2. The van der Waals surface area contributed by atoms with Crippen molar-refractivity contribution in [1.82, 2.24) is 9.78 Å². The molecule has 18 heavy (non-hydrogen) atoms. The Kier molecular flexibility index (Phi) is 3.08. The van der Waals surface area contributed by atoms with E-state index >= 15 is 0 Å². The molecular weight excluding hydrogens is 230 g/mol. The molecule has 1 aromatic carbocycles. The predicted molar refractivity (Wildman–Crippen MR) is 64.7 cm³/mol. The summed E-state index contributed by atoms with van der Waals surface area (Å²) in [5, 5.41) is 13.1. The van der Waals surface area contributed by atoms with Crippen LogP contribution in [0.3, 0.4) is 0 Å². The number of hydrogen-bond donors (Lipinski definition) is 2. The molecule has 0 aliphatic heterocycles. The fraction of sp³-hybridized carbons (Fsp3) is 0.0833. The maximum absolute atomic E-state index is 11.0. The van der Waals surface area contributed by atoms with Gasteiger partial charge in [-0.1, -0.05) is 6.07 Å². The van der Waals surface area contributed by atoms with Crippen molar-refractivity contribution in [3.63, 3.8) is 0 Å². The van der Waals surface area contributed by atoms with Crippen LogP contribution in [0, 0.1) is 11.3 Å². The first-order valence-electron chi connectivity index (χ1n) is 5.23. The summed E-state index contributed by atoms with van der Waals surface area (Å²) >= 11 is 0. The first-order chi connectivity index (χ1) is 8.65. The van der Waals surface area contributed by atoms with Crippen LogP contribution < -0.4 is 11.5 Å². The van der Waals surface area contributed by atoms with Crippen molar-refractivity contribution in [2.75, 3.05) is 0 Å². The molecule has 0 saturated carbocycles. The van der Waals surface area contributed by atoms with Crippen LogP contribution in [0.25, 0.3) is 5.69 Å². The van der Waals surface area contributed by atoms with Crippen molar-refractivity contribution in [3.8, 4) is 11.8 Å². The van der Waals surface area contributed by atoms with Crippen molar-refractivity contribution in [2.24, 2.45) is 11.5 Å². The molecule has 4 N–H and O–H groups in total. The van der Waals surface area contributed by atoms with E-state index in [9.17, 15) is 4.79 Å². The Morgan fingerprint density at radius 2 is 2.28 bits per heavy atom. The highest BCUT2D eigenvalue weighted by Gasteiger charge is 2.09. The van der Waals surface area contributed by atoms with Crippen LogP contribution in [0.5, 0.6) is 0 Å². The molecule has 0 fully saturated rings. The van der Waals surface area contributed by atoms with Crippen molar-refractivity contribution >= 4 is 5.91 Å². The third kappa shape index (κ3) is 2.07. The highest BCUT2D eigenvalue weighted by Crippen LogP contribution is 2.16. The van der Waals surface area contributed by atoms with E-state index in [-0.39, 0.29) is 0 Å². The molecule has 1 heterocycles. The molecule has 90 valence electrons. The molecule has 0 unspecified atom stereocenters. The van der Waals surface area contributed by atoms with Crippen LogP contribution in [-0.4, -0.2) is 15.7 Å². The van der Waals surface area contributed by atoms with Crippen molar-refractivity contribution in [2.45, 2.75) is 6.54 Å². The first-order valence-corrected chi connectivity index (χ1v) is 5.23. The lowest BCUT2D eigenvalue weighted by Crippen LogP contribution is -2.09. The minimum Gasteiger partial charge on any atom is -0.366 e. The standard InChI is InChI=1S/C12H11N5O/c13-4-8-1-2-11(9(3-8)5-14)17-7-10(6-16-17)12(15)18/h1-3,6-7H,4,13H2,(H2,15,18). The van der Waals surface area contributed by atoms with E-state index in [0.717, 1.165) is 5.56 Å². The van der Waals surface area contributed by atoms with E-state index in [2.05, 4.69) is 11.2 Å². The average molecular weight is 241 g/mol. The van der Waals surface area contributed by atoms with Crippen LogP contribution >= 0.6 is 0 Å². The van der Waals surface area contributed by atoms with E-state index in [1.807, 2.05) is 6.07 Å². The van der Waals surface area contributed by atoms with Gasteiger partial charge >= 0.3 is 0 Å². The quantitative estimate of drug-likeness (QED) is 0.805. The van der Waals surface area contributed by atoms with E-state index in [1.165, 1.54) is 17.1 Å². The topological polar surface area (TPSA) is 111 Å². The van der Waals surface area contributed by atoms with Crippen molar-refractivity contribution in [1.29, 1.82) is 5.26 Å². The zero-order chi connectivity index (χ0) is 13.1. The fourth-order valence-electron chi connectivity index (χ4n) is 1.58. The minimum atomic E-state index is -0.557. The van der Waals surface area contributed by atoms with Gasteiger partial charge in [0.1, 0.15) is 6.07 Å². The Morgan fingerprint density at radius 3 is 2.83 bits per heavy atom. The summed E-state index contributed by atoms with van der Waals surface area (Å²) in [6.07, 6.45) is 2.85. The Bertz CT molecular complexity index is 638. The third-order valence-corrected chi connectivity index (χ3v) is 2.53. The summed E-state index contributed by atoms with van der Waals surface area (Å²) in [5.41, 5.74) is 12.8. The summed E-state index contributed by atoms with van der Waals surface area (Å²) in [6.45, 7) is 0.362. The van der Waals surface area contributed by atoms with Gasteiger partial charge in [0.25, 0.3) is 5.91 Å². The molecular formula is C12H11N5O. The van der Waals surface area contributed by atoms with E-state index in [0.29, 0.717) is 23.4 Å². The molecule has 2 aromatic rings. The number of amides is 1. The SMILES string of the molecule is N#Cc1cc(CN)ccc1-n1cc(C(N)=O)cn1. The van der Waals surface area contributed by atoms with Gasteiger partial charge < -0.3 is 11.5 Å². The second kappa shape index (κ2) is 4.69. The largest absolute Gasteiger partial charge is 0.366 e. The van der Waals surface area contributed by atoms with E-state index in [1.54, 1.807) is 12.1 Å². The molecule has 1 aromatic heterocycles. The van der Waals surface area contributed by atoms with Crippen LogP contribution in [0.2, 0.25) is 0 Å². The number of nitrogens with two attached hydrogens (primary N) is 2. The molecule has 2 rings (SSSR count). The summed E-state index contributed by atoms with van der Waals surface area (Å²) in [4.78, 5) is 11.0. The molecule has 0 bridgehead atoms. The minimum absolute atomic E-state index is 0.293. The Morgan fingerprint density at radius 1 is 1.50 bits per heavy atom. The maximum Gasteiger partial charge on any atom is 0.251 e. The Balaban J connectivity index is 2.50. The number of carbonyl (C=O) groups is 1. The molecule has 0 spiro atoms. The maximum atomic E-state index is 11.0. The summed E-state index contributed by atoms with van der Waals surface area (Å²) < 4.78 is 1.44. The zero-order valence-electron chi connectivity index (χ0n) is 9.50. The first kappa shape index (κ1) is 11.8. The van der Waals surface area contributed by atoms with Crippen LogP contribution in [0.15, 0.2) is 30.6 Å². The number of primary amides is 1. The van der Waals surface area contributed by atoms with Gasteiger partial charge in [0.2, 0.25) is 0 Å². The molecule has 6 nitrogen and oxygen atoms in total. The monoisotopic (exact) mass is 241 g/mol. The molecule has 0 radical (unpaired) electrons. The highest BCUT2D eigenvalue weighted by molar-refractivity contribution is 5.92. The average Bonchev–Trinajstić information content (AvgIpc) is 2.87. The van der Waals surface area contributed by atoms with Gasteiger partial charge in [0.05, 0.1) is 23.0 Å². The predicted octanol–water partition coefficient (Wildman–Crippen LogP) is 0.302. The molecule has 1 amide bonds. The third-order valence-electron chi connectivity index (χ3n) is 2.53. The van der Waals surface area contributed by atoms with E-state index < -0.39 is 5.91 Å². The number of nitriles is 1. The second-order valence-corrected chi connectivity index (χ2v) is 3.71. The van der Waals surface area contributed by atoms with Gasteiger partial charge in [-0.05, 0) is 17.7 Å². The highest BCUT2D eigenvalue weighted by atomic mass is 16.1. The van der Waals surface area contributed by atoms with Gasteiger partial charge in [0, 0.05) is 12.7 Å². The number of benzene rings is 1. The second-order valence-electron chi connectivity index (χ2n) is 3.71. The van der Waals surface area contributed by atoms with Gasteiger partial charge in [-0.25, -0.2) is 4.68 Å². The van der Waals surface area contributed by atoms with Crippen LogP contribution in [-0.2, 0) is 6.54 Å². The Hall–Kier alpha value is -2.65. The van der Waals surface area contributed by atoms with Crippen molar-refractivity contribution < 1.29 is 4.79 Å². The molecule has 0 aliphatic carbocycles. The zero-order valence-corrected chi connectivity index (χ0v) is 9.50. The number of rotatable bonds is 3. The lowest BCUT2D eigenvalue weighted by molar-refractivity contribution is 0.100. The van der Waals surface area contributed by atoms with Gasteiger partial charge in [-0.2, -0.15) is 10.4 Å². The fourth-order valence-corrected chi connectivity index (χ4v) is 1.58.